The van der Waals surface area contributed by atoms with E-state index in [1.807, 2.05) is 20.8 Å². The first-order valence-electron chi connectivity index (χ1n) is 7.24. The molecule has 7 heteroatoms. The molecule has 0 aliphatic rings. The van der Waals surface area contributed by atoms with Crippen LogP contribution >= 0.6 is 0 Å². The third kappa shape index (κ3) is 11.4. The summed E-state index contributed by atoms with van der Waals surface area (Å²) in [7, 11) is 3.20. The van der Waals surface area contributed by atoms with Gasteiger partial charge in [0.1, 0.15) is 0 Å². The molecule has 0 fully saturated rings. The highest BCUT2D eigenvalue weighted by Gasteiger charge is 2.15. The van der Waals surface area contributed by atoms with Gasteiger partial charge in [0.2, 0.25) is 0 Å². The van der Waals surface area contributed by atoms with E-state index in [1.54, 1.807) is 14.2 Å². The van der Waals surface area contributed by atoms with E-state index in [9.17, 15) is 9.90 Å². The number of rotatable bonds is 11. The zero-order valence-electron chi connectivity index (χ0n) is 13.8. The van der Waals surface area contributed by atoms with Crippen molar-refractivity contribution >= 4 is 6.03 Å². The van der Waals surface area contributed by atoms with Gasteiger partial charge in [0, 0.05) is 14.2 Å². The van der Waals surface area contributed by atoms with Crippen LogP contribution in [0.25, 0.3) is 0 Å². The molecule has 7 nitrogen and oxygen atoms in total. The van der Waals surface area contributed by atoms with Crippen LogP contribution in [0.3, 0.4) is 0 Å². The molecule has 0 rings (SSSR count). The fraction of sp³-hybridized carbons (Fsp3) is 0.929. The number of aliphatic hydroxyl groups is 1. The monoisotopic (exact) mass is 306 g/mol. The Morgan fingerprint density at radius 1 is 1.24 bits per heavy atom. The molecule has 0 aliphatic carbocycles. The Labute approximate surface area is 127 Å². The van der Waals surface area contributed by atoms with Gasteiger partial charge in [0.05, 0.1) is 51.2 Å². The van der Waals surface area contributed by atoms with E-state index < -0.39 is 6.10 Å². The summed E-state index contributed by atoms with van der Waals surface area (Å²) in [5, 5.41) is 12.6. The van der Waals surface area contributed by atoms with Gasteiger partial charge in [-0.05, 0) is 20.8 Å². The van der Waals surface area contributed by atoms with Crippen molar-refractivity contribution in [1.82, 2.24) is 10.2 Å². The summed E-state index contributed by atoms with van der Waals surface area (Å²) < 4.78 is 15.6. The van der Waals surface area contributed by atoms with E-state index in [4.69, 9.17) is 14.2 Å². The lowest BCUT2D eigenvalue weighted by Gasteiger charge is -2.23. The number of methoxy groups -OCH3 is 1. The van der Waals surface area contributed by atoms with Gasteiger partial charge in [-0.2, -0.15) is 0 Å². The Morgan fingerprint density at radius 3 is 2.48 bits per heavy atom. The van der Waals surface area contributed by atoms with Crippen molar-refractivity contribution in [3.05, 3.63) is 0 Å². The summed E-state index contributed by atoms with van der Waals surface area (Å²) in [5.41, 5.74) is 0. The van der Waals surface area contributed by atoms with Crippen LogP contribution in [0.1, 0.15) is 20.8 Å². The van der Waals surface area contributed by atoms with Crippen LogP contribution in [0, 0.1) is 0 Å². The molecule has 0 saturated carbocycles. The first-order valence-corrected chi connectivity index (χ1v) is 7.24. The van der Waals surface area contributed by atoms with Gasteiger partial charge in [-0.25, -0.2) is 4.79 Å². The van der Waals surface area contributed by atoms with Gasteiger partial charge < -0.3 is 29.5 Å². The summed E-state index contributed by atoms with van der Waals surface area (Å²) in [4.78, 5) is 13.2. The van der Waals surface area contributed by atoms with Crippen LogP contribution in [0.5, 0.6) is 0 Å². The molecule has 0 saturated heterocycles. The van der Waals surface area contributed by atoms with E-state index in [0.29, 0.717) is 19.8 Å². The second-order valence-corrected chi connectivity index (χ2v) is 5.33. The average Bonchev–Trinajstić information content (AvgIpc) is 2.37. The lowest BCUT2D eigenvalue weighted by molar-refractivity contribution is -0.0148. The first-order chi connectivity index (χ1) is 9.86. The number of ether oxygens (including phenoxy) is 3. The lowest BCUT2D eigenvalue weighted by Crippen LogP contribution is -2.46. The zero-order chi connectivity index (χ0) is 16.3. The molecule has 0 aromatic carbocycles. The number of hydrogen-bond acceptors (Lipinski definition) is 5. The molecule has 21 heavy (non-hydrogen) atoms. The van der Waals surface area contributed by atoms with Crippen molar-refractivity contribution < 1.29 is 24.1 Å². The van der Waals surface area contributed by atoms with Crippen molar-refractivity contribution in [2.24, 2.45) is 0 Å². The minimum atomic E-state index is -0.725. The summed E-state index contributed by atoms with van der Waals surface area (Å²) in [6, 6.07) is -0.326. The van der Waals surface area contributed by atoms with E-state index in [0.717, 1.165) is 0 Å². The SMILES string of the molecule is COC[C@@H](C)NC(=O)N(C)C[C@@H](O)COCCOC(C)C. The fourth-order valence-corrected chi connectivity index (χ4v) is 1.63. The minimum Gasteiger partial charge on any atom is -0.389 e. The molecular weight excluding hydrogens is 276 g/mol. The highest BCUT2D eigenvalue weighted by molar-refractivity contribution is 5.74. The first kappa shape index (κ1) is 20.1. The van der Waals surface area contributed by atoms with Crippen LogP contribution in [-0.4, -0.2) is 81.4 Å². The van der Waals surface area contributed by atoms with E-state index >= 15 is 0 Å². The van der Waals surface area contributed by atoms with Crippen molar-refractivity contribution in [2.75, 3.05) is 47.1 Å². The molecule has 0 unspecified atom stereocenters. The Kier molecular flexibility index (Phi) is 11.2. The minimum absolute atomic E-state index is 0.0773. The van der Waals surface area contributed by atoms with Crippen molar-refractivity contribution in [3.8, 4) is 0 Å². The number of urea groups is 1. The topological polar surface area (TPSA) is 80.3 Å². The van der Waals surface area contributed by atoms with E-state index in [-0.39, 0.29) is 31.3 Å². The van der Waals surface area contributed by atoms with Crippen molar-refractivity contribution in [3.63, 3.8) is 0 Å². The molecule has 2 N–H and O–H groups in total. The smallest absolute Gasteiger partial charge is 0.317 e. The number of carbonyl (C=O) groups excluding carboxylic acids is 1. The summed E-state index contributed by atoms with van der Waals surface area (Å²) in [6.45, 7) is 7.50. The quantitative estimate of drug-likeness (QED) is 0.542. The van der Waals surface area contributed by atoms with Crippen LogP contribution in [0.2, 0.25) is 0 Å². The normalized spacial score (nSPS) is 14.0. The van der Waals surface area contributed by atoms with Crippen LogP contribution < -0.4 is 5.32 Å². The second kappa shape index (κ2) is 11.7. The van der Waals surface area contributed by atoms with Gasteiger partial charge in [-0.15, -0.1) is 0 Å². The maximum Gasteiger partial charge on any atom is 0.317 e. The molecular formula is C14H30N2O5. The summed E-state index contributed by atoms with van der Waals surface area (Å²) in [6.07, 6.45) is -0.556. The molecule has 0 aromatic rings. The van der Waals surface area contributed by atoms with Gasteiger partial charge in [-0.1, -0.05) is 0 Å². The Morgan fingerprint density at radius 2 is 1.90 bits per heavy atom. The largest absolute Gasteiger partial charge is 0.389 e. The average molecular weight is 306 g/mol. The second-order valence-electron chi connectivity index (χ2n) is 5.33. The molecule has 0 radical (unpaired) electrons. The maximum absolute atomic E-state index is 11.8. The van der Waals surface area contributed by atoms with E-state index in [2.05, 4.69) is 5.32 Å². The number of likely N-dealkylation sites (N-methyl/N-ethyl adjacent to an activating group) is 1. The van der Waals surface area contributed by atoms with Crippen molar-refractivity contribution in [1.29, 1.82) is 0 Å². The number of amides is 2. The number of aliphatic hydroxyl groups excluding tert-OH is 1. The molecule has 0 bridgehead atoms. The van der Waals surface area contributed by atoms with Gasteiger partial charge >= 0.3 is 6.03 Å². The number of nitrogens with zero attached hydrogens (tertiary/aromatic N) is 1. The maximum atomic E-state index is 11.8. The predicted octanol–water partition coefficient (Wildman–Crippen LogP) is 0.465. The van der Waals surface area contributed by atoms with Gasteiger partial charge in [0.15, 0.2) is 0 Å². The van der Waals surface area contributed by atoms with Gasteiger partial charge in [0.25, 0.3) is 0 Å². The standard InChI is InChI=1S/C14H30N2O5/c1-11(2)21-7-6-20-10-13(17)8-16(4)14(18)15-12(3)9-19-5/h11-13,17H,6-10H2,1-5H3,(H,15,18)/t12-,13-/m1/s1. The summed E-state index contributed by atoms with van der Waals surface area (Å²) >= 11 is 0. The molecule has 0 aliphatic heterocycles. The highest BCUT2D eigenvalue weighted by Crippen LogP contribution is 1.95. The fourth-order valence-electron chi connectivity index (χ4n) is 1.63. The molecule has 2 atom stereocenters. The number of hydrogen-bond donors (Lipinski definition) is 2. The van der Waals surface area contributed by atoms with Crippen LogP contribution in [0.4, 0.5) is 4.79 Å². The van der Waals surface area contributed by atoms with Crippen molar-refractivity contribution in [2.45, 2.75) is 39.0 Å². The predicted molar refractivity (Wildman–Crippen MR) is 80.4 cm³/mol. The van der Waals surface area contributed by atoms with E-state index in [1.165, 1.54) is 4.90 Å². The number of nitrogens with one attached hydrogen (secondary N) is 1. The Bertz CT molecular complexity index is 276. The molecule has 0 spiro atoms. The third-order valence-electron chi connectivity index (χ3n) is 2.61. The molecule has 126 valence electrons. The number of carbonyl (C=O) groups is 1. The zero-order valence-corrected chi connectivity index (χ0v) is 13.8. The Balaban J connectivity index is 3.77. The molecule has 0 aromatic heterocycles. The summed E-state index contributed by atoms with van der Waals surface area (Å²) in [5.74, 6) is 0. The van der Waals surface area contributed by atoms with Gasteiger partial charge in [-0.3, -0.25) is 0 Å². The molecule has 2 amide bonds. The Hall–Kier alpha value is -0.890. The lowest BCUT2D eigenvalue weighted by atomic mass is 10.3. The van der Waals surface area contributed by atoms with Crippen LogP contribution in [0.15, 0.2) is 0 Å². The van der Waals surface area contributed by atoms with Crippen LogP contribution in [-0.2, 0) is 14.2 Å². The molecule has 0 heterocycles. The highest BCUT2D eigenvalue weighted by atomic mass is 16.5. The third-order valence-corrected chi connectivity index (χ3v) is 2.61.